The summed E-state index contributed by atoms with van der Waals surface area (Å²) >= 11 is 0. The van der Waals surface area contributed by atoms with E-state index in [2.05, 4.69) is 5.32 Å². The zero-order valence-corrected chi connectivity index (χ0v) is 6.54. The summed E-state index contributed by atoms with van der Waals surface area (Å²) in [5, 5.41) is 10.4. The molecule has 1 rings (SSSR count). The van der Waals surface area contributed by atoms with Crippen molar-refractivity contribution in [2.24, 2.45) is 0 Å². The van der Waals surface area contributed by atoms with Crippen LogP contribution in [0.15, 0.2) is 0 Å². The predicted molar refractivity (Wildman–Crippen MR) is 40.0 cm³/mol. The molecule has 3 amide bonds. The zero-order valence-electron chi connectivity index (χ0n) is 6.54. The van der Waals surface area contributed by atoms with Crippen LogP contribution in [0.1, 0.15) is 12.8 Å². The van der Waals surface area contributed by atoms with Crippen molar-refractivity contribution in [3.8, 4) is 6.07 Å². The Morgan fingerprint density at radius 1 is 1.58 bits per heavy atom. The van der Waals surface area contributed by atoms with E-state index in [1.54, 1.807) is 0 Å². The van der Waals surface area contributed by atoms with Crippen molar-refractivity contribution < 1.29 is 9.59 Å². The summed E-state index contributed by atoms with van der Waals surface area (Å²) in [5.41, 5.74) is 0. The quantitative estimate of drug-likeness (QED) is 0.469. The maximum absolute atomic E-state index is 10.9. The summed E-state index contributed by atoms with van der Waals surface area (Å²) in [6.07, 6.45) is 1.04. The van der Waals surface area contributed by atoms with Gasteiger partial charge in [0, 0.05) is 13.0 Å². The third-order valence-electron chi connectivity index (χ3n) is 1.58. The molecule has 1 N–H and O–H groups in total. The first-order valence-electron chi connectivity index (χ1n) is 3.70. The Labute approximate surface area is 69.9 Å². The SMILES string of the molecule is N#CCCCN1CC(=O)NC1=O. The maximum atomic E-state index is 10.9. The van der Waals surface area contributed by atoms with Crippen LogP contribution in [0.25, 0.3) is 0 Å². The highest BCUT2D eigenvalue weighted by molar-refractivity contribution is 6.01. The summed E-state index contributed by atoms with van der Waals surface area (Å²) in [6.45, 7) is 0.607. The minimum Gasteiger partial charge on any atom is -0.315 e. The minimum atomic E-state index is -0.349. The van der Waals surface area contributed by atoms with E-state index in [4.69, 9.17) is 5.26 Å². The van der Waals surface area contributed by atoms with Gasteiger partial charge in [0.2, 0.25) is 5.91 Å². The topological polar surface area (TPSA) is 73.2 Å². The minimum absolute atomic E-state index is 0.129. The van der Waals surface area contributed by atoms with E-state index in [0.717, 1.165) is 0 Å². The number of carbonyl (C=O) groups excluding carboxylic acids is 2. The Morgan fingerprint density at radius 3 is 2.83 bits per heavy atom. The van der Waals surface area contributed by atoms with Gasteiger partial charge in [0.15, 0.2) is 0 Å². The van der Waals surface area contributed by atoms with Crippen LogP contribution in [0.5, 0.6) is 0 Å². The lowest BCUT2D eigenvalue weighted by Crippen LogP contribution is -2.28. The second-order valence-electron chi connectivity index (χ2n) is 2.54. The highest BCUT2D eigenvalue weighted by Crippen LogP contribution is 2.00. The van der Waals surface area contributed by atoms with Crippen molar-refractivity contribution in [1.29, 1.82) is 5.26 Å². The number of hydrogen-bond acceptors (Lipinski definition) is 3. The van der Waals surface area contributed by atoms with Gasteiger partial charge in [-0.3, -0.25) is 10.1 Å². The van der Waals surface area contributed by atoms with E-state index in [1.807, 2.05) is 6.07 Å². The van der Waals surface area contributed by atoms with Crippen molar-refractivity contribution in [2.75, 3.05) is 13.1 Å². The molecule has 1 heterocycles. The Kier molecular flexibility index (Phi) is 2.64. The van der Waals surface area contributed by atoms with Crippen LogP contribution in [0.2, 0.25) is 0 Å². The van der Waals surface area contributed by atoms with E-state index >= 15 is 0 Å². The number of imide groups is 1. The van der Waals surface area contributed by atoms with Crippen molar-refractivity contribution >= 4 is 11.9 Å². The van der Waals surface area contributed by atoms with E-state index in [-0.39, 0.29) is 18.5 Å². The maximum Gasteiger partial charge on any atom is 0.324 e. The molecule has 0 atom stereocenters. The number of carbonyl (C=O) groups is 2. The molecule has 1 aliphatic rings. The van der Waals surface area contributed by atoms with Gasteiger partial charge in [0.1, 0.15) is 6.54 Å². The molecule has 64 valence electrons. The normalized spacial score (nSPS) is 16.1. The number of nitrogens with zero attached hydrogens (tertiary/aromatic N) is 2. The number of unbranched alkanes of at least 4 members (excludes halogenated alkanes) is 1. The molecule has 1 saturated heterocycles. The van der Waals surface area contributed by atoms with Crippen LogP contribution >= 0.6 is 0 Å². The van der Waals surface area contributed by atoms with Crippen LogP contribution in [0.3, 0.4) is 0 Å². The number of urea groups is 1. The van der Waals surface area contributed by atoms with E-state index < -0.39 is 0 Å². The van der Waals surface area contributed by atoms with Gasteiger partial charge >= 0.3 is 6.03 Å². The monoisotopic (exact) mass is 167 g/mol. The highest BCUT2D eigenvalue weighted by atomic mass is 16.2. The number of hydrogen-bond donors (Lipinski definition) is 1. The Bertz CT molecular complexity index is 244. The van der Waals surface area contributed by atoms with E-state index in [0.29, 0.717) is 19.4 Å². The fraction of sp³-hybridized carbons (Fsp3) is 0.571. The largest absolute Gasteiger partial charge is 0.324 e. The van der Waals surface area contributed by atoms with Gasteiger partial charge in [0.05, 0.1) is 6.07 Å². The number of amides is 3. The molecule has 0 unspecified atom stereocenters. The van der Waals surface area contributed by atoms with Gasteiger partial charge in [-0.2, -0.15) is 5.26 Å². The van der Waals surface area contributed by atoms with Crippen LogP contribution in [0, 0.1) is 11.3 Å². The van der Waals surface area contributed by atoms with Crippen molar-refractivity contribution in [2.45, 2.75) is 12.8 Å². The molecule has 0 radical (unpaired) electrons. The smallest absolute Gasteiger partial charge is 0.315 e. The summed E-state index contributed by atoms with van der Waals surface area (Å²) in [5.74, 6) is -0.267. The number of nitriles is 1. The summed E-state index contributed by atoms with van der Waals surface area (Å²) in [6, 6.07) is 1.63. The standard InChI is InChI=1S/C7H9N3O2/c8-3-1-2-4-10-5-6(11)9-7(10)12/h1-2,4-5H2,(H,9,11,12). The average molecular weight is 167 g/mol. The number of nitrogens with one attached hydrogen (secondary N) is 1. The molecule has 0 saturated carbocycles. The molecule has 0 aromatic carbocycles. The van der Waals surface area contributed by atoms with Crippen molar-refractivity contribution in [1.82, 2.24) is 10.2 Å². The second-order valence-corrected chi connectivity index (χ2v) is 2.54. The van der Waals surface area contributed by atoms with Crippen LogP contribution in [-0.2, 0) is 4.79 Å². The van der Waals surface area contributed by atoms with Crippen LogP contribution in [0.4, 0.5) is 4.79 Å². The van der Waals surface area contributed by atoms with Crippen molar-refractivity contribution in [3.05, 3.63) is 0 Å². The third-order valence-corrected chi connectivity index (χ3v) is 1.58. The first kappa shape index (κ1) is 8.53. The fourth-order valence-corrected chi connectivity index (χ4v) is 1.01. The molecular formula is C7H9N3O2. The lowest BCUT2D eigenvalue weighted by atomic mass is 10.3. The summed E-state index contributed by atoms with van der Waals surface area (Å²) in [7, 11) is 0. The lowest BCUT2D eigenvalue weighted by Gasteiger charge is -2.10. The zero-order chi connectivity index (χ0) is 8.97. The second kappa shape index (κ2) is 3.72. The van der Waals surface area contributed by atoms with E-state index in [1.165, 1.54) is 4.90 Å². The number of rotatable bonds is 3. The average Bonchev–Trinajstić information content (AvgIpc) is 2.31. The molecular weight excluding hydrogens is 158 g/mol. The molecule has 5 heteroatoms. The fourth-order valence-electron chi connectivity index (χ4n) is 1.01. The van der Waals surface area contributed by atoms with Gasteiger partial charge < -0.3 is 4.90 Å². The molecule has 0 spiro atoms. The van der Waals surface area contributed by atoms with Crippen LogP contribution < -0.4 is 5.32 Å². The summed E-state index contributed by atoms with van der Waals surface area (Å²) in [4.78, 5) is 23.0. The Morgan fingerprint density at radius 2 is 2.33 bits per heavy atom. The van der Waals surface area contributed by atoms with Gasteiger partial charge in [-0.1, -0.05) is 0 Å². The van der Waals surface area contributed by atoms with Gasteiger partial charge in [0.25, 0.3) is 0 Å². The van der Waals surface area contributed by atoms with E-state index in [9.17, 15) is 9.59 Å². The molecule has 5 nitrogen and oxygen atoms in total. The van der Waals surface area contributed by atoms with Gasteiger partial charge in [-0.15, -0.1) is 0 Å². The third kappa shape index (κ3) is 1.95. The molecule has 0 aliphatic carbocycles. The molecule has 1 aliphatic heterocycles. The highest BCUT2D eigenvalue weighted by Gasteiger charge is 2.25. The Hall–Kier alpha value is -1.57. The van der Waals surface area contributed by atoms with Crippen LogP contribution in [-0.4, -0.2) is 29.9 Å². The van der Waals surface area contributed by atoms with Gasteiger partial charge in [-0.25, -0.2) is 4.79 Å². The molecule has 0 bridgehead atoms. The molecule has 12 heavy (non-hydrogen) atoms. The van der Waals surface area contributed by atoms with Crippen molar-refractivity contribution in [3.63, 3.8) is 0 Å². The summed E-state index contributed by atoms with van der Waals surface area (Å²) < 4.78 is 0. The Balaban J connectivity index is 2.29. The molecule has 1 fully saturated rings. The first-order valence-corrected chi connectivity index (χ1v) is 3.70. The lowest BCUT2D eigenvalue weighted by molar-refractivity contribution is -0.118. The predicted octanol–water partition coefficient (Wildman–Crippen LogP) is -0.158. The first-order chi connectivity index (χ1) is 5.74. The van der Waals surface area contributed by atoms with Gasteiger partial charge in [-0.05, 0) is 6.42 Å². The molecule has 0 aromatic heterocycles. The molecule has 0 aromatic rings.